The van der Waals surface area contributed by atoms with Crippen LogP contribution in [0.2, 0.25) is 0 Å². The summed E-state index contributed by atoms with van der Waals surface area (Å²) >= 11 is 0. The third kappa shape index (κ3) is 3.22. The number of carbonyl (C=O) groups excluding carboxylic acids is 1. The Balaban J connectivity index is 1.67. The van der Waals surface area contributed by atoms with Crippen LogP contribution < -0.4 is 11.3 Å². The van der Waals surface area contributed by atoms with Crippen molar-refractivity contribution in [1.29, 1.82) is 0 Å². The van der Waals surface area contributed by atoms with Crippen molar-refractivity contribution in [3.8, 4) is 5.75 Å². The molecule has 24 heavy (non-hydrogen) atoms. The van der Waals surface area contributed by atoms with Gasteiger partial charge in [0.15, 0.2) is 0 Å². The van der Waals surface area contributed by atoms with Crippen LogP contribution in [0.15, 0.2) is 23.1 Å². The number of pyridine rings is 1. The summed E-state index contributed by atoms with van der Waals surface area (Å²) in [5.74, 6) is 0.0940. The van der Waals surface area contributed by atoms with Gasteiger partial charge in [-0.25, -0.2) is 9.97 Å². The summed E-state index contributed by atoms with van der Waals surface area (Å²) in [5.41, 5.74) is 7.70. The molecule has 0 saturated heterocycles. The van der Waals surface area contributed by atoms with E-state index in [4.69, 9.17) is 5.73 Å². The third-order valence-electron chi connectivity index (χ3n) is 4.19. The average molecular weight is 329 g/mol. The fraction of sp³-hybridized carbons (Fsp3) is 0.375. The number of amides is 1. The summed E-state index contributed by atoms with van der Waals surface area (Å²) < 4.78 is 1.48. The smallest absolute Gasteiger partial charge is 0.254 e. The van der Waals surface area contributed by atoms with E-state index in [2.05, 4.69) is 9.97 Å². The zero-order chi connectivity index (χ0) is 17.3. The number of carbonyl (C=O) groups is 1. The topological polar surface area (TPSA) is 114 Å². The standard InChI is InChI=1S/C16H19N5O3/c1-10-6-12(22)7-15(24)21(10)5-3-14(23)20-4-2-11-8-18-16(17)19-13(11)9-20/h6-8,22H,2-5,9H2,1H3,(H2,17,18,19). The molecule has 0 saturated carbocycles. The molecule has 8 heteroatoms. The lowest BCUT2D eigenvalue weighted by Crippen LogP contribution is -2.37. The number of nitrogens with zero attached hydrogens (tertiary/aromatic N) is 4. The van der Waals surface area contributed by atoms with Gasteiger partial charge in [0.25, 0.3) is 5.56 Å². The number of aromatic hydroxyl groups is 1. The number of rotatable bonds is 3. The van der Waals surface area contributed by atoms with E-state index in [1.807, 2.05) is 0 Å². The average Bonchev–Trinajstić information content (AvgIpc) is 2.52. The lowest BCUT2D eigenvalue weighted by Gasteiger charge is -2.28. The Morgan fingerprint density at radius 2 is 2.21 bits per heavy atom. The molecule has 126 valence electrons. The molecule has 0 unspecified atom stereocenters. The first-order valence-corrected chi connectivity index (χ1v) is 7.72. The molecule has 2 aromatic rings. The zero-order valence-corrected chi connectivity index (χ0v) is 13.4. The Labute approximate surface area is 138 Å². The van der Waals surface area contributed by atoms with Gasteiger partial charge < -0.3 is 20.3 Å². The van der Waals surface area contributed by atoms with E-state index >= 15 is 0 Å². The van der Waals surface area contributed by atoms with Gasteiger partial charge in [-0.15, -0.1) is 0 Å². The second kappa shape index (κ2) is 6.31. The van der Waals surface area contributed by atoms with Gasteiger partial charge in [-0.05, 0) is 25.0 Å². The number of hydrogen-bond donors (Lipinski definition) is 2. The third-order valence-corrected chi connectivity index (χ3v) is 4.19. The summed E-state index contributed by atoms with van der Waals surface area (Å²) in [4.78, 5) is 34.2. The van der Waals surface area contributed by atoms with Crippen LogP contribution in [0.5, 0.6) is 5.75 Å². The molecule has 0 atom stereocenters. The fourth-order valence-corrected chi connectivity index (χ4v) is 2.90. The number of nitrogen functional groups attached to an aromatic ring is 1. The van der Waals surface area contributed by atoms with Gasteiger partial charge in [0.1, 0.15) is 5.75 Å². The molecule has 8 nitrogen and oxygen atoms in total. The van der Waals surface area contributed by atoms with Gasteiger partial charge >= 0.3 is 0 Å². The number of aryl methyl sites for hydroxylation is 1. The van der Waals surface area contributed by atoms with Crippen LogP contribution in [0.4, 0.5) is 5.95 Å². The Kier molecular flexibility index (Phi) is 4.20. The minimum atomic E-state index is -0.315. The highest BCUT2D eigenvalue weighted by molar-refractivity contribution is 5.76. The van der Waals surface area contributed by atoms with Crippen LogP contribution in [-0.4, -0.2) is 37.0 Å². The first-order valence-electron chi connectivity index (χ1n) is 7.72. The maximum Gasteiger partial charge on any atom is 0.254 e. The first kappa shape index (κ1) is 16.0. The van der Waals surface area contributed by atoms with E-state index in [-0.39, 0.29) is 36.1 Å². The molecule has 0 aliphatic carbocycles. The normalized spacial score (nSPS) is 13.6. The summed E-state index contributed by atoms with van der Waals surface area (Å²) in [6, 6.07) is 2.65. The molecule has 0 spiro atoms. The monoisotopic (exact) mass is 329 g/mol. The van der Waals surface area contributed by atoms with Crippen molar-refractivity contribution in [2.24, 2.45) is 0 Å². The molecule has 2 aromatic heterocycles. The quantitative estimate of drug-likeness (QED) is 0.832. The molecule has 3 N–H and O–H groups in total. The molecule has 0 radical (unpaired) electrons. The summed E-state index contributed by atoms with van der Waals surface area (Å²) in [7, 11) is 0. The largest absolute Gasteiger partial charge is 0.508 e. The number of fused-ring (bicyclic) bond motifs is 1. The van der Waals surface area contributed by atoms with Crippen molar-refractivity contribution in [3.63, 3.8) is 0 Å². The van der Waals surface area contributed by atoms with Gasteiger partial charge in [0.2, 0.25) is 11.9 Å². The highest BCUT2D eigenvalue weighted by atomic mass is 16.3. The second-order valence-electron chi connectivity index (χ2n) is 5.86. The van der Waals surface area contributed by atoms with E-state index in [0.717, 1.165) is 17.3 Å². The molecular weight excluding hydrogens is 310 g/mol. The van der Waals surface area contributed by atoms with Crippen LogP contribution in [0.3, 0.4) is 0 Å². The SMILES string of the molecule is Cc1cc(O)cc(=O)n1CCC(=O)N1CCc2cnc(N)nc2C1. The Morgan fingerprint density at radius 1 is 1.42 bits per heavy atom. The van der Waals surface area contributed by atoms with Gasteiger partial charge in [-0.1, -0.05) is 0 Å². The number of hydrogen-bond acceptors (Lipinski definition) is 6. The van der Waals surface area contributed by atoms with E-state index in [0.29, 0.717) is 25.2 Å². The summed E-state index contributed by atoms with van der Waals surface area (Å²) in [5, 5.41) is 9.40. The molecule has 3 heterocycles. The minimum Gasteiger partial charge on any atom is -0.508 e. The highest BCUT2D eigenvalue weighted by Gasteiger charge is 2.22. The maximum atomic E-state index is 12.4. The lowest BCUT2D eigenvalue weighted by molar-refractivity contribution is -0.132. The van der Waals surface area contributed by atoms with E-state index in [1.165, 1.54) is 10.6 Å². The minimum absolute atomic E-state index is 0.0443. The fourth-order valence-electron chi connectivity index (χ4n) is 2.90. The Bertz CT molecular complexity index is 846. The molecule has 1 amide bonds. The van der Waals surface area contributed by atoms with Crippen LogP contribution in [-0.2, 0) is 24.3 Å². The van der Waals surface area contributed by atoms with Crippen LogP contribution in [0.25, 0.3) is 0 Å². The van der Waals surface area contributed by atoms with Gasteiger partial charge in [0.05, 0.1) is 12.2 Å². The van der Waals surface area contributed by atoms with E-state index in [9.17, 15) is 14.7 Å². The first-order chi connectivity index (χ1) is 11.4. The lowest BCUT2D eigenvalue weighted by atomic mass is 10.1. The second-order valence-corrected chi connectivity index (χ2v) is 5.86. The number of nitrogens with two attached hydrogens (primary N) is 1. The Morgan fingerprint density at radius 3 is 2.96 bits per heavy atom. The molecule has 0 aromatic carbocycles. The van der Waals surface area contributed by atoms with Crippen LogP contribution in [0.1, 0.15) is 23.4 Å². The maximum absolute atomic E-state index is 12.4. The summed E-state index contributed by atoms with van der Waals surface area (Å²) in [6.45, 7) is 3.01. The van der Waals surface area contributed by atoms with Crippen molar-refractivity contribution in [3.05, 3.63) is 45.6 Å². The highest BCUT2D eigenvalue weighted by Crippen LogP contribution is 2.18. The van der Waals surface area contributed by atoms with Crippen molar-refractivity contribution >= 4 is 11.9 Å². The zero-order valence-electron chi connectivity index (χ0n) is 13.4. The van der Waals surface area contributed by atoms with Crippen molar-refractivity contribution in [1.82, 2.24) is 19.4 Å². The predicted molar refractivity (Wildman–Crippen MR) is 87.3 cm³/mol. The molecule has 1 aliphatic rings. The van der Waals surface area contributed by atoms with E-state index in [1.54, 1.807) is 18.0 Å². The summed E-state index contributed by atoms with van der Waals surface area (Å²) in [6.07, 6.45) is 2.61. The van der Waals surface area contributed by atoms with Gasteiger partial charge in [-0.2, -0.15) is 0 Å². The van der Waals surface area contributed by atoms with Crippen molar-refractivity contribution in [2.75, 3.05) is 12.3 Å². The predicted octanol–water partition coefficient (Wildman–Crippen LogP) is 0.210. The van der Waals surface area contributed by atoms with Crippen molar-refractivity contribution in [2.45, 2.75) is 32.9 Å². The molecule has 0 fully saturated rings. The van der Waals surface area contributed by atoms with Gasteiger partial charge in [0, 0.05) is 37.5 Å². The molecule has 1 aliphatic heterocycles. The molecule has 3 rings (SSSR count). The molecule has 0 bridgehead atoms. The van der Waals surface area contributed by atoms with Crippen LogP contribution >= 0.6 is 0 Å². The Hall–Kier alpha value is -2.90. The van der Waals surface area contributed by atoms with Gasteiger partial charge in [-0.3, -0.25) is 9.59 Å². The number of anilines is 1. The van der Waals surface area contributed by atoms with Crippen LogP contribution in [0, 0.1) is 6.92 Å². The van der Waals surface area contributed by atoms with E-state index < -0.39 is 0 Å². The molecular formula is C16H19N5O3. The van der Waals surface area contributed by atoms with Crippen molar-refractivity contribution < 1.29 is 9.90 Å². The number of aromatic nitrogens is 3.